The highest BCUT2D eigenvalue weighted by molar-refractivity contribution is 7.13. The molecule has 19 heavy (non-hydrogen) atoms. The second kappa shape index (κ2) is 5.19. The second-order valence-corrected chi connectivity index (χ2v) is 4.75. The summed E-state index contributed by atoms with van der Waals surface area (Å²) in [7, 11) is 1.51. The van der Waals surface area contributed by atoms with Crippen LogP contribution in [0, 0.1) is 0 Å². The first-order valence-corrected chi connectivity index (χ1v) is 6.38. The molecule has 0 spiro atoms. The summed E-state index contributed by atoms with van der Waals surface area (Å²) in [6.45, 7) is 1.64. The minimum absolute atomic E-state index is 0.154. The van der Waals surface area contributed by atoms with Crippen molar-refractivity contribution in [1.29, 1.82) is 0 Å². The summed E-state index contributed by atoms with van der Waals surface area (Å²) in [6.07, 6.45) is 0. The van der Waals surface area contributed by atoms with E-state index in [4.69, 9.17) is 5.11 Å². The van der Waals surface area contributed by atoms with Gasteiger partial charge in [0.15, 0.2) is 5.69 Å². The summed E-state index contributed by atoms with van der Waals surface area (Å²) in [4.78, 5) is 23.6. The molecule has 0 aromatic carbocycles. The number of rotatable bonds is 4. The number of hydrogen-bond donors (Lipinski definition) is 2. The lowest BCUT2D eigenvalue weighted by atomic mass is 10.2. The average Bonchev–Trinajstić information content (AvgIpc) is 3.04. The zero-order valence-corrected chi connectivity index (χ0v) is 11.1. The van der Waals surface area contributed by atoms with Crippen molar-refractivity contribution >= 4 is 23.2 Å². The molecular formula is C11H12N4O3S. The van der Waals surface area contributed by atoms with Crippen molar-refractivity contribution in [3.8, 4) is 10.6 Å². The minimum Gasteiger partial charge on any atom is -0.476 e. The average molecular weight is 280 g/mol. The number of thiophene rings is 1. The largest absolute Gasteiger partial charge is 0.476 e. The molecule has 0 radical (unpaired) electrons. The van der Waals surface area contributed by atoms with Gasteiger partial charge in [0, 0.05) is 7.05 Å². The van der Waals surface area contributed by atoms with E-state index in [1.54, 1.807) is 19.1 Å². The van der Waals surface area contributed by atoms with Gasteiger partial charge in [-0.05, 0) is 18.4 Å². The van der Waals surface area contributed by atoms with Crippen LogP contribution in [0.2, 0.25) is 0 Å². The Morgan fingerprint density at radius 1 is 1.53 bits per heavy atom. The molecule has 2 N–H and O–H groups in total. The first-order valence-electron chi connectivity index (χ1n) is 5.50. The van der Waals surface area contributed by atoms with Crippen molar-refractivity contribution < 1.29 is 14.7 Å². The van der Waals surface area contributed by atoms with E-state index in [1.807, 2.05) is 5.38 Å². The van der Waals surface area contributed by atoms with Gasteiger partial charge in [-0.15, -0.1) is 16.4 Å². The monoisotopic (exact) mass is 280 g/mol. The number of amides is 1. The lowest BCUT2D eigenvalue weighted by Gasteiger charge is -2.12. The fraction of sp³-hybridized carbons (Fsp3) is 0.273. The Morgan fingerprint density at radius 2 is 2.26 bits per heavy atom. The van der Waals surface area contributed by atoms with Gasteiger partial charge in [0.1, 0.15) is 11.7 Å². The molecule has 2 heterocycles. The van der Waals surface area contributed by atoms with E-state index in [-0.39, 0.29) is 11.6 Å². The van der Waals surface area contributed by atoms with Crippen LogP contribution in [0.15, 0.2) is 17.5 Å². The van der Waals surface area contributed by atoms with Crippen molar-refractivity contribution in [2.75, 3.05) is 7.05 Å². The molecule has 0 saturated carbocycles. The van der Waals surface area contributed by atoms with E-state index in [0.29, 0.717) is 10.6 Å². The Hall–Kier alpha value is -2.22. The van der Waals surface area contributed by atoms with Crippen molar-refractivity contribution in [1.82, 2.24) is 20.3 Å². The maximum Gasteiger partial charge on any atom is 0.358 e. The van der Waals surface area contributed by atoms with Crippen LogP contribution in [-0.4, -0.2) is 39.0 Å². The Bertz CT molecular complexity index is 605. The second-order valence-electron chi connectivity index (χ2n) is 3.80. The molecule has 1 unspecified atom stereocenters. The number of nitrogens with zero attached hydrogens (tertiary/aromatic N) is 3. The highest BCUT2D eigenvalue weighted by atomic mass is 32.1. The van der Waals surface area contributed by atoms with Gasteiger partial charge in [-0.3, -0.25) is 4.79 Å². The standard InChI is InChI=1S/C11H12N4O3S/c1-6(10(16)12-2)15-9(7-4-3-5-19-7)8(11(17)18)13-14-15/h3-6H,1-2H3,(H,12,16)(H,17,18). The number of likely N-dealkylation sites (N-methyl/N-ethyl adjacent to an activating group) is 1. The van der Waals surface area contributed by atoms with Crippen LogP contribution in [-0.2, 0) is 4.79 Å². The molecule has 2 rings (SSSR count). The van der Waals surface area contributed by atoms with Gasteiger partial charge in [0.25, 0.3) is 0 Å². The molecule has 0 aliphatic carbocycles. The molecule has 1 atom stereocenters. The van der Waals surface area contributed by atoms with Gasteiger partial charge < -0.3 is 10.4 Å². The summed E-state index contributed by atoms with van der Waals surface area (Å²) in [5.41, 5.74) is 0.191. The van der Waals surface area contributed by atoms with Crippen molar-refractivity contribution in [3.05, 3.63) is 23.2 Å². The highest BCUT2D eigenvalue weighted by Crippen LogP contribution is 2.29. The minimum atomic E-state index is -1.17. The molecule has 8 heteroatoms. The smallest absolute Gasteiger partial charge is 0.358 e. The molecular weight excluding hydrogens is 268 g/mol. The number of aromatic carboxylic acids is 1. The lowest BCUT2D eigenvalue weighted by molar-refractivity contribution is -0.123. The van der Waals surface area contributed by atoms with E-state index in [2.05, 4.69) is 15.6 Å². The fourth-order valence-electron chi connectivity index (χ4n) is 1.67. The maximum atomic E-state index is 11.7. The Kier molecular flexibility index (Phi) is 3.61. The number of nitrogens with one attached hydrogen (secondary N) is 1. The van der Waals surface area contributed by atoms with Crippen LogP contribution in [0.25, 0.3) is 10.6 Å². The quantitative estimate of drug-likeness (QED) is 0.871. The van der Waals surface area contributed by atoms with Gasteiger partial charge in [0.05, 0.1) is 4.88 Å². The number of carboxylic acids is 1. The summed E-state index contributed by atoms with van der Waals surface area (Å²) < 4.78 is 1.33. The van der Waals surface area contributed by atoms with Crippen molar-refractivity contribution in [2.24, 2.45) is 0 Å². The Morgan fingerprint density at radius 3 is 2.79 bits per heavy atom. The summed E-state index contributed by atoms with van der Waals surface area (Å²) in [5.74, 6) is -1.43. The first-order chi connectivity index (χ1) is 9.06. The van der Waals surface area contributed by atoms with E-state index in [1.165, 1.54) is 23.1 Å². The molecule has 100 valence electrons. The van der Waals surface area contributed by atoms with Gasteiger partial charge in [-0.1, -0.05) is 11.3 Å². The topological polar surface area (TPSA) is 97.1 Å². The van der Waals surface area contributed by atoms with Crippen molar-refractivity contribution in [3.63, 3.8) is 0 Å². The third kappa shape index (κ3) is 2.34. The highest BCUT2D eigenvalue weighted by Gasteiger charge is 2.26. The molecule has 0 aliphatic rings. The van der Waals surface area contributed by atoms with E-state index in [0.717, 1.165) is 0 Å². The number of aromatic nitrogens is 3. The molecule has 0 saturated heterocycles. The molecule has 0 bridgehead atoms. The third-order valence-corrected chi connectivity index (χ3v) is 3.52. The van der Waals surface area contributed by atoms with Gasteiger partial charge in [-0.2, -0.15) is 0 Å². The van der Waals surface area contributed by atoms with Gasteiger partial charge in [0.2, 0.25) is 5.91 Å². The molecule has 2 aromatic heterocycles. The normalized spacial score (nSPS) is 12.1. The van der Waals surface area contributed by atoms with Crippen LogP contribution in [0.1, 0.15) is 23.5 Å². The summed E-state index contributed by atoms with van der Waals surface area (Å²) >= 11 is 1.37. The predicted octanol–water partition coefficient (Wildman–Crippen LogP) is 1.01. The van der Waals surface area contributed by atoms with Crippen LogP contribution in [0.3, 0.4) is 0 Å². The van der Waals surface area contributed by atoms with Gasteiger partial charge >= 0.3 is 5.97 Å². The zero-order valence-electron chi connectivity index (χ0n) is 10.3. The number of carbonyl (C=O) groups excluding carboxylic acids is 1. The number of carboxylic acid groups (broad SMARTS) is 1. The van der Waals surface area contributed by atoms with E-state index < -0.39 is 12.0 Å². The van der Waals surface area contributed by atoms with Crippen LogP contribution < -0.4 is 5.32 Å². The molecule has 2 aromatic rings. The van der Waals surface area contributed by atoms with E-state index >= 15 is 0 Å². The SMILES string of the molecule is CNC(=O)C(C)n1nnc(C(=O)O)c1-c1cccs1. The molecule has 0 fully saturated rings. The number of hydrogen-bond acceptors (Lipinski definition) is 5. The van der Waals surface area contributed by atoms with Crippen LogP contribution >= 0.6 is 11.3 Å². The summed E-state index contributed by atoms with van der Waals surface area (Å²) in [6, 6.07) is 2.93. The molecule has 0 aliphatic heterocycles. The maximum absolute atomic E-state index is 11.7. The third-order valence-electron chi connectivity index (χ3n) is 2.64. The zero-order chi connectivity index (χ0) is 14.0. The fourth-order valence-corrected chi connectivity index (χ4v) is 2.43. The predicted molar refractivity (Wildman–Crippen MR) is 69.1 cm³/mol. The van der Waals surface area contributed by atoms with Gasteiger partial charge in [-0.25, -0.2) is 9.48 Å². The van der Waals surface area contributed by atoms with Crippen LogP contribution in [0.4, 0.5) is 0 Å². The summed E-state index contributed by atoms with van der Waals surface area (Å²) in [5, 5.41) is 20.9. The van der Waals surface area contributed by atoms with Crippen LogP contribution in [0.5, 0.6) is 0 Å². The van der Waals surface area contributed by atoms with Crippen molar-refractivity contribution in [2.45, 2.75) is 13.0 Å². The molecule has 7 nitrogen and oxygen atoms in total. The Labute approximate surface area is 112 Å². The number of carbonyl (C=O) groups is 2. The lowest BCUT2D eigenvalue weighted by Crippen LogP contribution is -2.28. The first kappa shape index (κ1) is 13.2. The Balaban J connectivity index is 2.57. The molecule has 1 amide bonds. The van der Waals surface area contributed by atoms with E-state index in [9.17, 15) is 9.59 Å².